The third-order valence-corrected chi connectivity index (χ3v) is 6.78. The number of rotatable bonds is 4. The normalized spacial score (nSPS) is 17.7. The van der Waals surface area contributed by atoms with Gasteiger partial charge >= 0.3 is 0 Å². The minimum atomic E-state index is -0.284. The predicted molar refractivity (Wildman–Crippen MR) is 135 cm³/mol. The van der Waals surface area contributed by atoms with Crippen LogP contribution in [0.4, 0.5) is 4.39 Å². The number of carbonyl (C=O) groups is 1. The van der Waals surface area contributed by atoms with Gasteiger partial charge in [0, 0.05) is 23.7 Å². The first-order valence-electron chi connectivity index (χ1n) is 11.7. The lowest BCUT2D eigenvalue weighted by atomic mass is 10.0. The molecule has 0 saturated carbocycles. The van der Waals surface area contributed by atoms with Gasteiger partial charge in [0.05, 0.1) is 29.6 Å². The van der Waals surface area contributed by atoms with Crippen LogP contribution in [0.25, 0.3) is 17.3 Å². The molecule has 0 radical (unpaired) electrons. The molecule has 0 unspecified atom stereocenters. The van der Waals surface area contributed by atoms with E-state index >= 15 is 0 Å². The Hall–Kier alpha value is -2.71. The van der Waals surface area contributed by atoms with E-state index in [0.717, 1.165) is 41.7 Å². The number of nitrogens with one attached hydrogen (secondary N) is 1. The van der Waals surface area contributed by atoms with Crippen molar-refractivity contribution in [2.75, 3.05) is 26.3 Å². The molecule has 3 aromatic rings. The number of hydrogen-bond acceptors (Lipinski definition) is 4. The second-order valence-corrected chi connectivity index (χ2v) is 9.50. The van der Waals surface area contributed by atoms with Crippen LogP contribution < -0.4 is 5.43 Å². The Balaban J connectivity index is 1.64. The Kier molecular flexibility index (Phi) is 7.20. The number of ether oxygens (including phenoxy) is 1. The van der Waals surface area contributed by atoms with Crippen molar-refractivity contribution in [2.45, 2.75) is 25.7 Å². The first-order chi connectivity index (χ1) is 17.0. The maximum atomic E-state index is 13.5. The van der Waals surface area contributed by atoms with Crippen LogP contribution in [-0.2, 0) is 11.2 Å². The van der Waals surface area contributed by atoms with Crippen molar-refractivity contribution < 1.29 is 13.9 Å². The molecular formula is C26H25Cl2FN4O2. The van der Waals surface area contributed by atoms with Crippen molar-refractivity contribution >= 4 is 40.8 Å². The monoisotopic (exact) mass is 514 g/mol. The molecule has 182 valence electrons. The maximum Gasteiger partial charge on any atom is 0.286 e. The first-order valence-corrected chi connectivity index (χ1v) is 12.4. The molecule has 1 aliphatic heterocycles. The Bertz CT molecular complexity index is 1270. The highest BCUT2D eigenvalue weighted by Crippen LogP contribution is 2.36. The van der Waals surface area contributed by atoms with Crippen LogP contribution in [0.2, 0.25) is 10.0 Å². The molecule has 5 rings (SSSR count). The van der Waals surface area contributed by atoms with Crippen LogP contribution in [0.15, 0.2) is 42.5 Å². The topological polar surface area (TPSA) is 59.4 Å². The Morgan fingerprint density at radius 3 is 2.54 bits per heavy atom. The van der Waals surface area contributed by atoms with E-state index in [1.807, 2.05) is 17.2 Å². The highest BCUT2D eigenvalue weighted by Gasteiger charge is 2.29. The van der Waals surface area contributed by atoms with Gasteiger partial charge in [0.15, 0.2) is 5.69 Å². The van der Waals surface area contributed by atoms with Crippen LogP contribution in [0, 0.1) is 5.82 Å². The Labute approximate surface area is 213 Å². The van der Waals surface area contributed by atoms with Gasteiger partial charge in [0.25, 0.3) is 5.91 Å². The van der Waals surface area contributed by atoms with Crippen molar-refractivity contribution in [3.8, 4) is 5.69 Å². The van der Waals surface area contributed by atoms with Gasteiger partial charge in [-0.2, -0.15) is 5.10 Å². The minimum absolute atomic E-state index is 0.255. The molecule has 2 aromatic carbocycles. The van der Waals surface area contributed by atoms with Gasteiger partial charge in [-0.05, 0) is 73.2 Å². The third-order valence-electron chi connectivity index (χ3n) is 6.25. The summed E-state index contributed by atoms with van der Waals surface area (Å²) in [5.41, 5.74) is 7.64. The quantitative estimate of drug-likeness (QED) is 0.463. The predicted octanol–water partition coefficient (Wildman–Crippen LogP) is 5.56. The van der Waals surface area contributed by atoms with Gasteiger partial charge in [0.1, 0.15) is 5.82 Å². The van der Waals surface area contributed by atoms with Crippen LogP contribution in [0.3, 0.4) is 0 Å². The van der Waals surface area contributed by atoms with Gasteiger partial charge in [0.2, 0.25) is 0 Å². The fourth-order valence-electron chi connectivity index (χ4n) is 4.53. The van der Waals surface area contributed by atoms with Gasteiger partial charge in [-0.25, -0.2) is 14.1 Å². The molecule has 6 nitrogen and oxygen atoms in total. The number of morpholine rings is 1. The molecule has 2 heterocycles. The standard InChI is InChI=1S/C26H25Cl2FN4O2/c27-19-7-10-23(22(28)16-19)33-25-18(15-17-5-8-20(29)9-6-17)3-1-2-4-21(25)24(30-33)26(34)31-32-11-13-35-14-12-32/h5-10,15-16H,1-4,11-14H2,(H,31,34). The van der Waals surface area contributed by atoms with E-state index in [1.54, 1.807) is 28.9 Å². The van der Waals surface area contributed by atoms with Crippen molar-refractivity contribution in [3.05, 3.63) is 80.8 Å². The van der Waals surface area contributed by atoms with E-state index in [1.165, 1.54) is 12.1 Å². The smallest absolute Gasteiger partial charge is 0.286 e. The summed E-state index contributed by atoms with van der Waals surface area (Å²) in [6.45, 7) is 2.37. The molecule has 35 heavy (non-hydrogen) atoms. The fourth-order valence-corrected chi connectivity index (χ4v) is 5.02. The van der Waals surface area contributed by atoms with Crippen molar-refractivity contribution in [3.63, 3.8) is 0 Å². The lowest BCUT2D eigenvalue weighted by molar-refractivity contribution is 0.0124. The largest absolute Gasteiger partial charge is 0.379 e. The number of hydrazine groups is 1. The van der Waals surface area contributed by atoms with E-state index in [9.17, 15) is 9.18 Å². The van der Waals surface area contributed by atoms with E-state index < -0.39 is 0 Å². The summed E-state index contributed by atoms with van der Waals surface area (Å²) >= 11 is 12.7. The average molecular weight is 515 g/mol. The molecule has 1 amide bonds. The number of hydrogen-bond donors (Lipinski definition) is 1. The maximum absolute atomic E-state index is 13.5. The number of halogens is 3. The summed E-state index contributed by atoms with van der Waals surface area (Å²) in [6.07, 6.45) is 5.43. The number of fused-ring (bicyclic) bond motifs is 1. The zero-order valence-corrected chi connectivity index (χ0v) is 20.6. The zero-order chi connectivity index (χ0) is 24.4. The lowest BCUT2D eigenvalue weighted by Gasteiger charge is -2.26. The summed E-state index contributed by atoms with van der Waals surface area (Å²) < 4.78 is 20.6. The summed E-state index contributed by atoms with van der Waals surface area (Å²) in [4.78, 5) is 13.4. The number of amides is 1. The molecule has 9 heteroatoms. The van der Waals surface area contributed by atoms with Gasteiger partial charge in [-0.3, -0.25) is 10.2 Å². The van der Waals surface area contributed by atoms with Crippen molar-refractivity contribution in [1.29, 1.82) is 0 Å². The molecule has 0 bridgehead atoms. The molecule has 1 fully saturated rings. The van der Waals surface area contributed by atoms with Crippen LogP contribution in [0.1, 0.15) is 46.6 Å². The SMILES string of the molecule is O=C(NN1CCOCC1)c1nn(-c2ccc(Cl)cc2Cl)c2c1CCCCC2=Cc1ccc(F)cc1. The highest BCUT2D eigenvalue weighted by atomic mass is 35.5. The summed E-state index contributed by atoms with van der Waals surface area (Å²) in [5.74, 6) is -0.538. The zero-order valence-electron chi connectivity index (χ0n) is 19.1. The molecule has 0 atom stereocenters. The molecule has 1 saturated heterocycles. The molecule has 1 aromatic heterocycles. The molecule has 0 spiro atoms. The summed E-state index contributed by atoms with van der Waals surface area (Å²) in [6, 6.07) is 11.6. The Morgan fingerprint density at radius 1 is 1.06 bits per heavy atom. The number of aromatic nitrogens is 2. The molecule has 1 N–H and O–H groups in total. The van der Waals surface area contributed by atoms with Crippen LogP contribution in [0.5, 0.6) is 0 Å². The van der Waals surface area contributed by atoms with Crippen molar-refractivity contribution in [1.82, 2.24) is 20.2 Å². The third kappa shape index (κ3) is 5.28. The molecule has 2 aliphatic rings. The number of allylic oxidation sites excluding steroid dienone is 1. The molecular weight excluding hydrogens is 490 g/mol. The van der Waals surface area contributed by atoms with Crippen LogP contribution in [-0.4, -0.2) is 47.0 Å². The van der Waals surface area contributed by atoms with E-state index in [2.05, 4.69) is 5.43 Å². The fraction of sp³-hybridized carbons (Fsp3) is 0.308. The average Bonchev–Trinajstić information content (AvgIpc) is 3.10. The number of carbonyl (C=O) groups excluding carboxylic acids is 1. The first kappa shape index (κ1) is 24.0. The van der Waals surface area contributed by atoms with Crippen LogP contribution >= 0.6 is 23.2 Å². The number of benzene rings is 2. The summed E-state index contributed by atoms with van der Waals surface area (Å²) in [7, 11) is 0. The van der Waals surface area contributed by atoms with E-state index in [0.29, 0.717) is 54.2 Å². The molecule has 1 aliphatic carbocycles. The second kappa shape index (κ2) is 10.5. The van der Waals surface area contributed by atoms with Gasteiger partial charge < -0.3 is 4.74 Å². The Morgan fingerprint density at radius 2 is 1.80 bits per heavy atom. The number of nitrogens with zero attached hydrogens (tertiary/aromatic N) is 3. The second-order valence-electron chi connectivity index (χ2n) is 8.65. The van der Waals surface area contributed by atoms with Gasteiger partial charge in [-0.1, -0.05) is 35.3 Å². The summed E-state index contributed by atoms with van der Waals surface area (Å²) in [5, 5.41) is 7.60. The van der Waals surface area contributed by atoms with E-state index in [-0.39, 0.29) is 11.7 Å². The van der Waals surface area contributed by atoms with E-state index in [4.69, 9.17) is 33.0 Å². The highest BCUT2D eigenvalue weighted by molar-refractivity contribution is 6.35. The lowest BCUT2D eigenvalue weighted by Crippen LogP contribution is -2.48. The minimum Gasteiger partial charge on any atom is -0.379 e. The van der Waals surface area contributed by atoms with Crippen molar-refractivity contribution in [2.24, 2.45) is 0 Å². The van der Waals surface area contributed by atoms with Gasteiger partial charge in [-0.15, -0.1) is 0 Å².